The Bertz CT molecular complexity index is 612. The second-order valence-corrected chi connectivity index (χ2v) is 8.75. The van der Waals surface area contributed by atoms with Gasteiger partial charge in [-0.15, -0.1) is 0 Å². The van der Waals surface area contributed by atoms with Gasteiger partial charge in [-0.05, 0) is 37.1 Å². The Labute approximate surface area is 182 Å². The number of benzene rings is 1. The minimum absolute atomic E-state index is 0.282. The lowest BCUT2D eigenvalue weighted by molar-refractivity contribution is 0.0464. The van der Waals surface area contributed by atoms with Gasteiger partial charge in [0.25, 0.3) is 0 Å². The zero-order valence-electron chi connectivity index (χ0n) is 18.9. The normalized spacial score (nSPS) is 20.6. The van der Waals surface area contributed by atoms with Gasteiger partial charge in [-0.3, -0.25) is 4.90 Å². The van der Waals surface area contributed by atoms with Crippen molar-refractivity contribution in [3.8, 4) is 11.5 Å². The lowest BCUT2D eigenvalue weighted by Gasteiger charge is -2.34. The molecule has 6 nitrogen and oxygen atoms in total. The summed E-state index contributed by atoms with van der Waals surface area (Å²) in [6.45, 7) is 9.27. The van der Waals surface area contributed by atoms with Crippen LogP contribution >= 0.6 is 0 Å². The van der Waals surface area contributed by atoms with Crippen molar-refractivity contribution in [1.82, 2.24) is 15.1 Å². The zero-order chi connectivity index (χ0) is 21.2. The van der Waals surface area contributed by atoms with Crippen molar-refractivity contribution in [2.45, 2.75) is 64.1 Å². The maximum atomic E-state index is 10.4. The summed E-state index contributed by atoms with van der Waals surface area (Å²) in [7, 11) is 1.67. The zero-order valence-corrected chi connectivity index (χ0v) is 18.9. The van der Waals surface area contributed by atoms with E-state index in [0.717, 1.165) is 45.0 Å². The molecular weight excluding hydrogens is 378 g/mol. The van der Waals surface area contributed by atoms with Gasteiger partial charge in [0, 0.05) is 45.3 Å². The summed E-state index contributed by atoms with van der Waals surface area (Å²) >= 11 is 0. The van der Waals surface area contributed by atoms with Gasteiger partial charge in [0.1, 0.15) is 12.7 Å². The molecule has 1 aromatic carbocycles. The van der Waals surface area contributed by atoms with E-state index in [1.165, 1.54) is 44.1 Å². The van der Waals surface area contributed by atoms with E-state index in [9.17, 15) is 5.11 Å². The second-order valence-electron chi connectivity index (χ2n) is 8.75. The van der Waals surface area contributed by atoms with Gasteiger partial charge in [-0.1, -0.05) is 38.7 Å². The van der Waals surface area contributed by atoms with E-state index < -0.39 is 6.10 Å². The summed E-state index contributed by atoms with van der Waals surface area (Å²) in [5, 5.41) is 14.1. The molecule has 0 radical (unpaired) electrons. The van der Waals surface area contributed by atoms with Crippen LogP contribution in [0, 0.1) is 0 Å². The first kappa shape index (κ1) is 23.3. The van der Waals surface area contributed by atoms with Gasteiger partial charge in [0.2, 0.25) is 0 Å². The third kappa shape index (κ3) is 7.41. The van der Waals surface area contributed by atoms with Crippen LogP contribution in [0.15, 0.2) is 18.2 Å². The first-order valence-corrected chi connectivity index (χ1v) is 11.8. The van der Waals surface area contributed by atoms with Crippen LogP contribution < -0.4 is 14.8 Å². The average molecular weight is 420 g/mol. The predicted molar refractivity (Wildman–Crippen MR) is 121 cm³/mol. The number of methoxy groups -OCH3 is 1. The number of hydrogen-bond donors (Lipinski definition) is 2. The number of hydrogen-bond acceptors (Lipinski definition) is 6. The number of β-amino-alcohol motifs (C(OH)–C–C–N with tert-alkyl or cyclic N) is 1. The smallest absolute Gasteiger partial charge is 0.161 e. The molecule has 2 fully saturated rings. The molecule has 0 spiro atoms. The lowest BCUT2D eigenvalue weighted by atomic mass is 10.1. The van der Waals surface area contributed by atoms with Gasteiger partial charge in [-0.25, -0.2) is 0 Å². The fourth-order valence-corrected chi connectivity index (χ4v) is 4.51. The van der Waals surface area contributed by atoms with Crippen molar-refractivity contribution in [3.63, 3.8) is 0 Å². The minimum atomic E-state index is -0.500. The Hall–Kier alpha value is -1.34. The van der Waals surface area contributed by atoms with Crippen LogP contribution in [0.4, 0.5) is 0 Å². The van der Waals surface area contributed by atoms with Crippen LogP contribution in [0.1, 0.15) is 51.0 Å². The summed E-state index contributed by atoms with van der Waals surface area (Å²) in [6, 6.07) is 6.74. The van der Waals surface area contributed by atoms with E-state index in [-0.39, 0.29) is 6.61 Å². The quantitative estimate of drug-likeness (QED) is 0.569. The lowest BCUT2D eigenvalue weighted by Crippen LogP contribution is -2.49. The Morgan fingerprint density at radius 2 is 1.73 bits per heavy atom. The summed E-state index contributed by atoms with van der Waals surface area (Å²) in [4.78, 5) is 4.76. The third-order valence-electron chi connectivity index (χ3n) is 6.49. The summed E-state index contributed by atoms with van der Waals surface area (Å²) in [6.07, 6.45) is 7.49. The van der Waals surface area contributed by atoms with Gasteiger partial charge in [0.15, 0.2) is 11.5 Å². The van der Waals surface area contributed by atoms with Crippen LogP contribution in [0.25, 0.3) is 0 Å². The van der Waals surface area contributed by atoms with E-state index in [0.29, 0.717) is 18.3 Å². The first-order valence-electron chi connectivity index (χ1n) is 11.8. The highest BCUT2D eigenvalue weighted by atomic mass is 16.5. The fraction of sp³-hybridized carbons (Fsp3) is 0.750. The number of nitrogens with zero attached hydrogens (tertiary/aromatic N) is 2. The molecule has 2 aliphatic rings. The van der Waals surface area contributed by atoms with Crippen LogP contribution in [0.2, 0.25) is 0 Å². The SMILES string of the molecule is CCN1CCN(C[C@H](O)COc2ccc(CNC3CCCCCC3)cc2OC)CC1. The number of aliphatic hydroxyl groups excluding tert-OH is 1. The summed E-state index contributed by atoms with van der Waals surface area (Å²) in [5.74, 6) is 1.43. The molecule has 1 aliphatic carbocycles. The molecule has 1 saturated carbocycles. The molecule has 1 aromatic rings. The number of rotatable bonds is 10. The van der Waals surface area contributed by atoms with Crippen molar-refractivity contribution < 1.29 is 14.6 Å². The molecular formula is C24H41N3O3. The molecule has 1 saturated heterocycles. The largest absolute Gasteiger partial charge is 0.493 e. The van der Waals surface area contributed by atoms with Crippen molar-refractivity contribution in [2.75, 3.05) is 53.0 Å². The highest BCUT2D eigenvalue weighted by Crippen LogP contribution is 2.28. The van der Waals surface area contributed by atoms with E-state index in [2.05, 4.69) is 34.2 Å². The Kier molecular flexibility index (Phi) is 9.72. The Morgan fingerprint density at radius 3 is 2.40 bits per heavy atom. The standard InChI is InChI=1S/C24H41N3O3/c1-3-26-12-14-27(15-13-26)18-22(28)19-30-23-11-10-20(16-24(23)29-2)17-25-21-8-6-4-5-7-9-21/h10-11,16,21-22,25,28H,3-9,12-15,17-19H2,1-2H3/t22-/m0/s1. The van der Waals surface area contributed by atoms with Crippen LogP contribution in [0.5, 0.6) is 11.5 Å². The van der Waals surface area contributed by atoms with Gasteiger partial charge >= 0.3 is 0 Å². The molecule has 0 aromatic heterocycles. The van der Waals surface area contributed by atoms with Crippen LogP contribution in [0.3, 0.4) is 0 Å². The summed E-state index contributed by atoms with van der Waals surface area (Å²) in [5.41, 5.74) is 1.21. The van der Waals surface area contributed by atoms with Crippen molar-refractivity contribution in [2.24, 2.45) is 0 Å². The fourth-order valence-electron chi connectivity index (χ4n) is 4.51. The molecule has 1 aliphatic heterocycles. The van der Waals surface area contributed by atoms with Crippen molar-refractivity contribution in [3.05, 3.63) is 23.8 Å². The molecule has 2 N–H and O–H groups in total. The molecule has 0 bridgehead atoms. The monoisotopic (exact) mass is 419 g/mol. The number of ether oxygens (including phenoxy) is 2. The highest BCUT2D eigenvalue weighted by molar-refractivity contribution is 5.43. The average Bonchev–Trinajstić information content (AvgIpc) is 3.06. The second kappa shape index (κ2) is 12.5. The topological polar surface area (TPSA) is 57.2 Å². The number of aliphatic hydroxyl groups is 1. The molecule has 0 amide bonds. The van der Waals surface area contributed by atoms with Crippen LogP contribution in [-0.4, -0.2) is 80.0 Å². The third-order valence-corrected chi connectivity index (χ3v) is 6.49. The molecule has 30 heavy (non-hydrogen) atoms. The van der Waals surface area contributed by atoms with Gasteiger partial charge < -0.3 is 24.8 Å². The molecule has 6 heteroatoms. The first-order chi connectivity index (χ1) is 14.7. The Morgan fingerprint density at radius 1 is 1.03 bits per heavy atom. The van der Waals surface area contributed by atoms with Gasteiger partial charge in [-0.2, -0.15) is 0 Å². The predicted octanol–water partition coefficient (Wildman–Crippen LogP) is 2.88. The minimum Gasteiger partial charge on any atom is -0.493 e. The van der Waals surface area contributed by atoms with E-state index in [1.54, 1.807) is 7.11 Å². The molecule has 170 valence electrons. The molecule has 0 unspecified atom stereocenters. The number of piperazine rings is 1. The number of likely N-dealkylation sites (N-methyl/N-ethyl adjacent to an activating group) is 1. The molecule has 3 rings (SSSR count). The number of nitrogens with one attached hydrogen (secondary N) is 1. The molecule has 1 heterocycles. The Balaban J connectivity index is 1.43. The van der Waals surface area contributed by atoms with E-state index >= 15 is 0 Å². The maximum Gasteiger partial charge on any atom is 0.161 e. The highest BCUT2D eigenvalue weighted by Gasteiger charge is 2.19. The van der Waals surface area contributed by atoms with Crippen molar-refractivity contribution >= 4 is 0 Å². The van der Waals surface area contributed by atoms with Crippen LogP contribution in [-0.2, 0) is 6.54 Å². The van der Waals surface area contributed by atoms with E-state index in [4.69, 9.17) is 9.47 Å². The summed E-state index contributed by atoms with van der Waals surface area (Å²) < 4.78 is 11.5. The molecule has 1 atom stereocenters. The van der Waals surface area contributed by atoms with E-state index in [1.807, 2.05) is 6.07 Å². The maximum absolute atomic E-state index is 10.4. The van der Waals surface area contributed by atoms with Gasteiger partial charge in [0.05, 0.1) is 7.11 Å². The van der Waals surface area contributed by atoms with Crippen molar-refractivity contribution in [1.29, 1.82) is 0 Å².